The zero-order valence-corrected chi connectivity index (χ0v) is 16.9. The van der Waals surface area contributed by atoms with Crippen LogP contribution in [0.25, 0.3) is 11.1 Å². The summed E-state index contributed by atoms with van der Waals surface area (Å²) >= 11 is 0. The molecule has 3 aromatic rings. The number of hydrogen-bond donors (Lipinski definition) is 4. The van der Waals surface area contributed by atoms with E-state index < -0.39 is 0 Å². The number of terminal acetylenes is 1. The van der Waals surface area contributed by atoms with E-state index in [0.717, 1.165) is 0 Å². The minimum Gasteiger partial charge on any atom is -0.506 e. The molecule has 5 rings (SSSR count). The van der Waals surface area contributed by atoms with Crippen molar-refractivity contribution < 1.29 is 19.7 Å². The van der Waals surface area contributed by atoms with E-state index in [-0.39, 0.29) is 22.9 Å². The van der Waals surface area contributed by atoms with E-state index in [0.29, 0.717) is 28.6 Å². The monoisotopic (exact) mass is 424 g/mol. The number of anilines is 2. The average molecular weight is 424 g/mol. The fourth-order valence-electron chi connectivity index (χ4n) is 2.89. The van der Waals surface area contributed by atoms with Crippen LogP contribution in [0.5, 0.6) is 34.5 Å². The molecule has 0 spiro atoms. The highest BCUT2D eigenvalue weighted by Crippen LogP contribution is 2.34. The Labute approximate surface area is 185 Å². The van der Waals surface area contributed by atoms with Crippen molar-refractivity contribution >= 4 is 11.4 Å². The second-order valence-corrected chi connectivity index (χ2v) is 7.03. The van der Waals surface area contributed by atoms with Crippen LogP contribution in [0.1, 0.15) is 5.56 Å². The lowest BCUT2D eigenvalue weighted by Crippen LogP contribution is -1.92. The number of phenols is 2. The zero-order chi connectivity index (χ0) is 22.7. The molecule has 0 radical (unpaired) electrons. The summed E-state index contributed by atoms with van der Waals surface area (Å²) in [5.74, 6) is 4.08. The Hall–Kier alpha value is -4.76. The first-order chi connectivity index (χ1) is 15.4. The van der Waals surface area contributed by atoms with Gasteiger partial charge in [0.1, 0.15) is 34.5 Å². The quantitative estimate of drug-likeness (QED) is 0.172. The third-order valence-corrected chi connectivity index (χ3v) is 4.69. The molecule has 0 amide bonds. The van der Waals surface area contributed by atoms with E-state index in [9.17, 15) is 10.2 Å². The molecule has 0 fully saturated rings. The molecule has 0 saturated heterocycles. The van der Waals surface area contributed by atoms with E-state index in [2.05, 4.69) is 30.2 Å². The van der Waals surface area contributed by atoms with Crippen molar-refractivity contribution in [2.75, 3.05) is 11.5 Å². The largest absolute Gasteiger partial charge is 0.506 e. The molecule has 3 aromatic carbocycles. The number of ether oxygens (including phenoxy) is 2. The molecule has 0 atom stereocenters. The summed E-state index contributed by atoms with van der Waals surface area (Å²) in [4.78, 5) is 0. The topological polar surface area (TPSA) is 111 Å². The SMILES string of the molecule is C#Cc1cc(Oc2ccc(N)c(O)c2)ccc1Oc1ccc(N)c(O)c1.c1cc2cc-2c1. The Kier molecular flexibility index (Phi) is 5.47. The second-order valence-electron chi connectivity index (χ2n) is 7.03. The Morgan fingerprint density at radius 1 is 0.656 bits per heavy atom. The number of aromatic hydroxyl groups is 2. The standard InChI is InChI=1S/C20H16N2O4.C6H4/c1-2-12-9-13(25-14-3-6-16(21)18(23)10-14)5-8-20(12)26-15-4-7-17(22)19(24)11-15;1-2-5-4-6(5)3-1/h1,3-11,23-24H,21-22H2;1-4H. The smallest absolute Gasteiger partial charge is 0.143 e. The molecule has 158 valence electrons. The highest BCUT2D eigenvalue weighted by Gasteiger charge is 2.09. The summed E-state index contributed by atoms with van der Waals surface area (Å²) in [5, 5.41) is 19.3. The van der Waals surface area contributed by atoms with Crippen molar-refractivity contribution in [3.63, 3.8) is 0 Å². The lowest BCUT2D eigenvalue weighted by atomic mass is 10.2. The minimum atomic E-state index is -0.0760. The molecular formula is C26H20N2O4. The van der Waals surface area contributed by atoms with Crippen molar-refractivity contribution in [1.29, 1.82) is 0 Å². The number of phenolic OH excluding ortho intramolecular Hbond substituents is 2. The van der Waals surface area contributed by atoms with Crippen LogP contribution < -0.4 is 20.9 Å². The lowest BCUT2D eigenvalue weighted by Gasteiger charge is -2.12. The first-order valence-electron chi connectivity index (χ1n) is 9.67. The first-order valence-corrected chi connectivity index (χ1v) is 9.67. The summed E-state index contributed by atoms with van der Waals surface area (Å²) in [6.07, 6.45) is 5.55. The molecule has 0 aromatic heterocycles. The summed E-state index contributed by atoms with van der Waals surface area (Å²) in [7, 11) is 0. The van der Waals surface area contributed by atoms with Crippen LogP contribution in [0.2, 0.25) is 0 Å². The van der Waals surface area contributed by atoms with Crippen LogP contribution in [0, 0.1) is 12.3 Å². The van der Waals surface area contributed by atoms with Gasteiger partial charge in [0.2, 0.25) is 0 Å². The highest BCUT2D eigenvalue weighted by atomic mass is 16.5. The fraction of sp³-hybridized carbons (Fsp3) is 0. The third-order valence-electron chi connectivity index (χ3n) is 4.69. The Bertz CT molecular complexity index is 1320. The highest BCUT2D eigenvalue weighted by molar-refractivity contribution is 5.80. The summed E-state index contributed by atoms with van der Waals surface area (Å²) in [6.45, 7) is 0. The zero-order valence-electron chi connectivity index (χ0n) is 16.9. The Morgan fingerprint density at radius 3 is 1.66 bits per heavy atom. The molecule has 6 heteroatoms. The van der Waals surface area contributed by atoms with Gasteiger partial charge in [-0.1, -0.05) is 24.1 Å². The molecule has 0 saturated carbocycles. The van der Waals surface area contributed by atoms with Crippen molar-refractivity contribution in [3.05, 3.63) is 84.4 Å². The van der Waals surface area contributed by atoms with Crippen LogP contribution in [0.3, 0.4) is 0 Å². The number of hydrogen-bond acceptors (Lipinski definition) is 6. The second kappa shape index (κ2) is 8.54. The van der Waals surface area contributed by atoms with Gasteiger partial charge in [-0.25, -0.2) is 0 Å². The maximum absolute atomic E-state index is 9.66. The van der Waals surface area contributed by atoms with Crippen LogP contribution in [-0.4, -0.2) is 10.2 Å². The van der Waals surface area contributed by atoms with Gasteiger partial charge in [-0.2, -0.15) is 0 Å². The maximum atomic E-state index is 9.66. The molecule has 2 aliphatic carbocycles. The van der Waals surface area contributed by atoms with Gasteiger partial charge in [0.25, 0.3) is 0 Å². The lowest BCUT2D eigenvalue weighted by molar-refractivity contribution is 0.449. The maximum Gasteiger partial charge on any atom is 0.143 e. The minimum absolute atomic E-state index is 0.0669. The van der Waals surface area contributed by atoms with Crippen molar-refractivity contribution in [3.8, 4) is 58.0 Å². The van der Waals surface area contributed by atoms with E-state index in [1.807, 2.05) is 0 Å². The average Bonchev–Trinajstić information content (AvgIpc) is 3.39. The number of nitrogen functional groups attached to an aromatic ring is 2. The van der Waals surface area contributed by atoms with Gasteiger partial charge in [-0.05, 0) is 53.6 Å². The van der Waals surface area contributed by atoms with Gasteiger partial charge >= 0.3 is 0 Å². The molecule has 0 bridgehead atoms. The van der Waals surface area contributed by atoms with Gasteiger partial charge < -0.3 is 31.2 Å². The molecule has 0 aliphatic heterocycles. The molecule has 32 heavy (non-hydrogen) atoms. The van der Waals surface area contributed by atoms with Crippen LogP contribution in [0.15, 0.2) is 78.9 Å². The van der Waals surface area contributed by atoms with Crippen LogP contribution in [-0.2, 0) is 0 Å². The van der Waals surface area contributed by atoms with Gasteiger partial charge in [0.05, 0.1) is 16.9 Å². The molecular weight excluding hydrogens is 404 g/mol. The van der Waals surface area contributed by atoms with E-state index in [1.54, 1.807) is 30.3 Å². The molecule has 0 unspecified atom stereocenters. The normalized spacial score (nSPS) is 10.3. The molecule has 6 N–H and O–H groups in total. The molecule has 2 aliphatic rings. The van der Waals surface area contributed by atoms with Crippen molar-refractivity contribution in [1.82, 2.24) is 0 Å². The Morgan fingerprint density at radius 2 is 1.19 bits per heavy atom. The molecule has 6 nitrogen and oxygen atoms in total. The fourth-order valence-corrected chi connectivity index (χ4v) is 2.89. The third kappa shape index (κ3) is 4.69. The van der Waals surface area contributed by atoms with Crippen molar-refractivity contribution in [2.24, 2.45) is 0 Å². The number of rotatable bonds is 4. The number of nitrogens with two attached hydrogens (primary N) is 2. The van der Waals surface area contributed by atoms with E-state index in [1.165, 1.54) is 35.4 Å². The van der Waals surface area contributed by atoms with Gasteiger partial charge in [-0.3, -0.25) is 0 Å². The summed E-state index contributed by atoms with van der Waals surface area (Å²) < 4.78 is 11.4. The Balaban J connectivity index is 0.000000346. The number of fused-ring (bicyclic) bond motifs is 1. The van der Waals surface area contributed by atoms with Crippen LogP contribution in [0.4, 0.5) is 11.4 Å². The predicted molar refractivity (Wildman–Crippen MR) is 125 cm³/mol. The number of benzene rings is 4. The van der Waals surface area contributed by atoms with Crippen LogP contribution >= 0.6 is 0 Å². The van der Waals surface area contributed by atoms with Crippen molar-refractivity contribution in [2.45, 2.75) is 0 Å². The van der Waals surface area contributed by atoms with Gasteiger partial charge in [0, 0.05) is 18.2 Å². The van der Waals surface area contributed by atoms with Gasteiger partial charge in [0.15, 0.2) is 0 Å². The summed E-state index contributed by atoms with van der Waals surface area (Å²) in [5.41, 5.74) is 15.0. The van der Waals surface area contributed by atoms with Gasteiger partial charge in [-0.15, -0.1) is 6.42 Å². The molecule has 0 heterocycles. The summed E-state index contributed by atoms with van der Waals surface area (Å²) in [6, 6.07) is 22.6. The van der Waals surface area contributed by atoms with E-state index >= 15 is 0 Å². The first kappa shape index (κ1) is 20.5. The van der Waals surface area contributed by atoms with E-state index in [4.69, 9.17) is 27.4 Å². The predicted octanol–water partition coefficient (Wildman–Crippen LogP) is 5.50.